The number of carbonyl (C=O) groups is 1. The van der Waals surface area contributed by atoms with Crippen LogP contribution >= 0.6 is 0 Å². The van der Waals surface area contributed by atoms with Crippen molar-refractivity contribution in [3.05, 3.63) is 36.0 Å². The highest BCUT2D eigenvalue weighted by Crippen LogP contribution is 2.21. The lowest BCUT2D eigenvalue weighted by Crippen LogP contribution is -2.51. The highest BCUT2D eigenvalue weighted by molar-refractivity contribution is 5.82. The van der Waals surface area contributed by atoms with Gasteiger partial charge in [0.15, 0.2) is 0 Å². The molecule has 1 aromatic heterocycles. The molecule has 1 unspecified atom stereocenters. The first-order chi connectivity index (χ1) is 11.4. The molecule has 2 aromatic rings. The van der Waals surface area contributed by atoms with Crippen LogP contribution < -0.4 is 10.1 Å². The Hall–Kier alpha value is -2.62. The van der Waals surface area contributed by atoms with Gasteiger partial charge in [-0.2, -0.15) is 0 Å². The van der Waals surface area contributed by atoms with E-state index in [4.69, 9.17) is 15.9 Å². The van der Waals surface area contributed by atoms with Crippen molar-refractivity contribution in [2.45, 2.75) is 25.7 Å². The van der Waals surface area contributed by atoms with Gasteiger partial charge in [-0.3, -0.25) is 9.78 Å². The maximum Gasteiger partial charge on any atom is 0.290 e. The van der Waals surface area contributed by atoms with Gasteiger partial charge in [0.2, 0.25) is 0 Å². The summed E-state index contributed by atoms with van der Waals surface area (Å²) in [6.45, 7) is 3.19. The third-order valence-corrected chi connectivity index (χ3v) is 3.35. The van der Waals surface area contributed by atoms with E-state index in [1.54, 1.807) is 38.2 Å². The van der Waals surface area contributed by atoms with Crippen molar-refractivity contribution < 1.29 is 19.4 Å². The van der Waals surface area contributed by atoms with E-state index in [9.17, 15) is 9.90 Å². The number of amides is 1. The van der Waals surface area contributed by atoms with Crippen LogP contribution in [-0.4, -0.2) is 41.5 Å². The lowest BCUT2D eigenvalue weighted by atomic mass is 10.1. The minimum Gasteiger partial charge on any atom is -0.455 e. The van der Waals surface area contributed by atoms with E-state index in [2.05, 4.69) is 16.2 Å². The highest BCUT2D eigenvalue weighted by atomic mass is 16.7. The van der Waals surface area contributed by atoms with Crippen molar-refractivity contribution in [2.75, 3.05) is 13.7 Å². The van der Waals surface area contributed by atoms with Crippen molar-refractivity contribution in [1.82, 2.24) is 10.3 Å². The lowest BCUT2D eigenvalue weighted by molar-refractivity contribution is -0.150. The number of rotatable bonds is 6. The fourth-order valence-electron chi connectivity index (χ4n) is 2.03. The Kier molecular flexibility index (Phi) is 5.39. The molecule has 0 saturated heterocycles. The molecule has 24 heavy (non-hydrogen) atoms. The van der Waals surface area contributed by atoms with Crippen LogP contribution in [0.15, 0.2) is 30.5 Å². The van der Waals surface area contributed by atoms with Crippen LogP contribution in [0.5, 0.6) is 5.75 Å². The number of aromatic nitrogens is 1. The fourth-order valence-corrected chi connectivity index (χ4v) is 2.03. The number of carbonyl (C=O) groups excluding carboxylic acids is 1. The second-order valence-corrected chi connectivity index (χ2v) is 5.94. The molecule has 2 rings (SSSR count). The number of aliphatic hydroxyl groups excluding tert-OH is 1. The molecule has 0 bridgehead atoms. The number of pyridine rings is 1. The van der Waals surface area contributed by atoms with Gasteiger partial charge in [0.1, 0.15) is 5.75 Å². The second-order valence-electron chi connectivity index (χ2n) is 5.94. The number of hydrogen-bond donors (Lipinski definition) is 2. The molecule has 6 nitrogen and oxygen atoms in total. The summed E-state index contributed by atoms with van der Waals surface area (Å²) < 4.78 is 10.7. The van der Waals surface area contributed by atoms with Crippen LogP contribution in [-0.2, 0) is 9.53 Å². The monoisotopic (exact) mass is 328 g/mol. The van der Waals surface area contributed by atoms with Gasteiger partial charge in [0.05, 0.1) is 17.7 Å². The molecule has 1 heterocycles. The first-order valence-electron chi connectivity index (χ1n) is 7.37. The van der Waals surface area contributed by atoms with Gasteiger partial charge in [-0.1, -0.05) is 5.92 Å². The third-order valence-electron chi connectivity index (χ3n) is 3.35. The second kappa shape index (κ2) is 7.30. The predicted octanol–water partition coefficient (Wildman–Crippen LogP) is 1.45. The molecule has 1 aromatic carbocycles. The highest BCUT2D eigenvalue weighted by Gasteiger charge is 2.26. The summed E-state index contributed by atoms with van der Waals surface area (Å²) in [7, 11) is 1.37. The van der Waals surface area contributed by atoms with Crippen molar-refractivity contribution in [2.24, 2.45) is 0 Å². The molecule has 0 aliphatic heterocycles. The molecule has 6 heteroatoms. The molecule has 0 radical (unpaired) electrons. The van der Waals surface area contributed by atoms with E-state index >= 15 is 0 Å². The van der Waals surface area contributed by atoms with E-state index in [0.29, 0.717) is 11.3 Å². The summed E-state index contributed by atoms with van der Waals surface area (Å²) in [5.74, 6) is 2.49. The summed E-state index contributed by atoms with van der Waals surface area (Å²) in [5.41, 5.74) is 0.651. The van der Waals surface area contributed by atoms with Crippen molar-refractivity contribution in [3.63, 3.8) is 0 Å². The molecule has 126 valence electrons. The Labute approximate surface area is 140 Å². The summed E-state index contributed by atoms with van der Waals surface area (Å²) in [5, 5.41) is 12.7. The summed E-state index contributed by atoms with van der Waals surface area (Å²) in [6, 6.07) is 7.01. The number of nitrogens with one attached hydrogen (secondary N) is 1. The predicted molar refractivity (Wildman–Crippen MR) is 90.4 cm³/mol. The molecular weight excluding hydrogens is 308 g/mol. The van der Waals surface area contributed by atoms with Crippen molar-refractivity contribution in [1.29, 1.82) is 0 Å². The number of aliphatic hydroxyl groups is 1. The molecule has 1 amide bonds. The number of nitrogens with zero attached hydrogens (tertiary/aromatic N) is 1. The number of hydrogen-bond acceptors (Lipinski definition) is 5. The smallest absolute Gasteiger partial charge is 0.290 e. The molecule has 0 aliphatic carbocycles. The SMILES string of the molecule is C#Cc1cnc2ccc(OC(OC)C(=O)NC(C)(C)CO)cc2c1. The molecular formula is C18H20N2O4. The average Bonchev–Trinajstić information content (AvgIpc) is 2.58. The summed E-state index contributed by atoms with van der Waals surface area (Å²) in [6.07, 6.45) is 5.85. The minimum absolute atomic E-state index is 0.203. The largest absolute Gasteiger partial charge is 0.455 e. The Morgan fingerprint density at radius 3 is 2.83 bits per heavy atom. The van der Waals surface area contributed by atoms with Crippen LogP contribution in [0.2, 0.25) is 0 Å². The maximum absolute atomic E-state index is 12.2. The molecule has 1 atom stereocenters. The molecule has 0 saturated carbocycles. The Bertz CT molecular complexity index is 780. The summed E-state index contributed by atoms with van der Waals surface area (Å²) >= 11 is 0. The van der Waals surface area contributed by atoms with Crippen LogP contribution in [0.4, 0.5) is 0 Å². The van der Waals surface area contributed by atoms with E-state index in [1.807, 2.05) is 6.07 Å². The zero-order valence-electron chi connectivity index (χ0n) is 13.9. The number of benzene rings is 1. The quantitative estimate of drug-likeness (QED) is 0.620. The van der Waals surface area contributed by atoms with Crippen LogP contribution in [0.1, 0.15) is 19.4 Å². The average molecular weight is 328 g/mol. The van der Waals surface area contributed by atoms with Gasteiger partial charge in [0, 0.05) is 24.3 Å². The van der Waals surface area contributed by atoms with Gasteiger partial charge in [-0.05, 0) is 38.1 Å². The topological polar surface area (TPSA) is 80.7 Å². The van der Waals surface area contributed by atoms with Gasteiger partial charge in [0.25, 0.3) is 12.2 Å². The molecule has 0 aliphatic rings. The minimum atomic E-state index is -1.14. The van der Waals surface area contributed by atoms with Crippen LogP contribution in [0.3, 0.4) is 0 Å². The maximum atomic E-state index is 12.2. The standard InChI is InChI=1S/C18H20N2O4/c1-5-12-8-13-9-14(6-7-15(13)19-10-12)24-17(23-4)16(22)20-18(2,3)11-21/h1,6-10,17,21H,11H2,2-4H3,(H,20,22). The Morgan fingerprint density at radius 2 is 2.21 bits per heavy atom. The van der Waals surface area contributed by atoms with E-state index in [1.165, 1.54) is 7.11 Å². The van der Waals surface area contributed by atoms with Gasteiger partial charge < -0.3 is 19.9 Å². The van der Waals surface area contributed by atoms with E-state index in [-0.39, 0.29) is 6.61 Å². The van der Waals surface area contributed by atoms with Gasteiger partial charge in [-0.25, -0.2) is 0 Å². The number of ether oxygens (including phenoxy) is 2. The zero-order valence-corrected chi connectivity index (χ0v) is 13.9. The normalized spacial score (nSPS) is 12.5. The first kappa shape index (κ1) is 17.7. The van der Waals surface area contributed by atoms with Crippen molar-refractivity contribution >= 4 is 16.8 Å². The number of fused-ring (bicyclic) bond motifs is 1. The summed E-state index contributed by atoms with van der Waals surface area (Å²) in [4.78, 5) is 16.5. The van der Waals surface area contributed by atoms with Crippen LogP contribution in [0, 0.1) is 12.3 Å². The number of methoxy groups -OCH3 is 1. The first-order valence-corrected chi connectivity index (χ1v) is 7.37. The molecule has 0 fully saturated rings. The van der Waals surface area contributed by atoms with Crippen molar-refractivity contribution in [3.8, 4) is 18.1 Å². The zero-order chi connectivity index (χ0) is 17.7. The number of terminal acetylenes is 1. The van der Waals surface area contributed by atoms with E-state index in [0.717, 1.165) is 10.9 Å². The van der Waals surface area contributed by atoms with E-state index < -0.39 is 17.7 Å². The lowest BCUT2D eigenvalue weighted by Gasteiger charge is -2.26. The fraction of sp³-hybridized carbons (Fsp3) is 0.333. The van der Waals surface area contributed by atoms with Gasteiger partial charge >= 0.3 is 0 Å². The molecule has 2 N–H and O–H groups in total. The Balaban J connectivity index is 2.20. The third kappa shape index (κ3) is 4.22. The Morgan fingerprint density at radius 1 is 1.46 bits per heavy atom. The molecule has 0 spiro atoms. The van der Waals surface area contributed by atoms with Crippen LogP contribution in [0.25, 0.3) is 10.9 Å². The van der Waals surface area contributed by atoms with Gasteiger partial charge in [-0.15, -0.1) is 6.42 Å².